The van der Waals surface area contributed by atoms with Gasteiger partial charge in [-0.3, -0.25) is 9.05 Å². The number of phosphoric acid groups is 1. The van der Waals surface area contributed by atoms with Crippen LogP contribution < -0.4 is 0 Å². The number of rotatable bonds is 30. The van der Waals surface area contributed by atoms with Crippen LogP contribution in [0.5, 0.6) is 0 Å². The van der Waals surface area contributed by atoms with E-state index in [0.29, 0.717) is 0 Å². The first-order valence-electron chi connectivity index (χ1n) is 20.4. The van der Waals surface area contributed by atoms with E-state index < -0.39 is 200 Å². The summed E-state index contributed by atoms with van der Waals surface area (Å²) in [6.45, 7) is -3.58. The van der Waals surface area contributed by atoms with Gasteiger partial charge in [-0.1, -0.05) is 0 Å². The molecule has 95 heavy (non-hydrogen) atoms. The van der Waals surface area contributed by atoms with E-state index in [1.165, 1.54) is 0 Å². The molecule has 0 spiro atoms. The van der Waals surface area contributed by atoms with Crippen molar-refractivity contribution in [1.29, 1.82) is 0 Å². The van der Waals surface area contributed by atoms with Gasteiger partial charge in [0.25, 0.3) is 0 Å². The highest BCUT2D eigenvalue weighted by atomic mass is 31.2. The molecule has 2 atom stereocenters. The average Bonchev–Trinajstić information content (AvgIpc) is 0.688. The fraction of sp³-hybridized carbons (Fsp3) is 1.00. The van der Waals surface area contributed by atoms with E-state index >= 15 is 0 Å². The van der Waals surface area contributed by atoms with E-state index in [0.717, 1.165) is 0 Å². The maximum absolute atomic E-state index is 14.6. The summed E-state index contributed by atoms with van der Waals surface area (Å²) in [4.78, 5) is 9.18. The number of hydrogen-bond acceptors (Lipinski definition) is 3. The Morgan fingerprint density at radius 2 is 0.274 bits per heavy atom. The molecule has 2 unspecified atom stereocenters. The Labute approximate surface area is 474 Å². The molecule has 0 radical (unpaired) electrons. The minimum atomic E-state index is -10.5. The van der Waals surface area contributed by atoms with Gasteiger partial charge in [0.2, 0.25) is 0 Å². The highest BCUT2D eigenvalue weighted by Crippen LogP contribution is 2.73. The van der Waals surface area contributed by atoms with Crippen molar-refractivity contribution >= 4 is 7.82 Å². The van der Waals surface area contributed by atoms with Crippen molar-refractivity contribution in [2.24, 2.45) is 0 Å². The molecular formula is C32H9F58O4P. The molecule has 572 valence electrons. The Hall–Kier alpha value is -3.95. The quantitative estimate of drug-likeness (QED) is 0.0575. The first kappa shape index (κ1) is 91.1. The second kappa shape index (κ2) is 22.5. The van der Waals surface area contributed by atoms with Gasteiger partial charge >= 0.3 is 174 Å². The molecule has 0 aromatic heterocycles. The van der Waals surface area contributed by atoms with Gasteiger partial charge in [0, 0.05) is 0 Å². The predicted octanol–water partition coefficient (Wildman–Crippen LogP) is 19.5. The molecular weight excluding hydrogens is 1580 g/mol. The van der Waals surface area contributed by atoms with Crippen molar-refractivity contribution < 1.29 is 273 Å². The van der Waals surface area contributed by atoms with Crippen LogP contribution in [0.3, 0.4) is 0 Å². The van der Waals surface area contributed by atoms with Crippen LogP contribution in [0.2, 0.25) is 0 Å². The maximum Gasteiger partial charge on any atom is 0.473 e. The average molecular weight is 1590 g/mol. The normalized spacial score (nSPS) is 18.5. The Morgan fingerprint density at radius 1 is 0.189 bits per heavy atom. The van der Waals surface area contributed by atoms with Crippen molar-refractivity contribution in [3.05, 3.63) is 0 Å². The standard InChI is InChI=1S/C32H9F58O4P/c1-3(5(33,34)7(37,38)9(41,42)11(45,46)13(49,50)15(53,54)17(57,58)19(61,62)21(65,66)23(69,70)25(73,74)27(77,78)29(81,82)31(85,86)87)93-95(91,92)94-4(2)6(35,36)8(39,40)10(43,44)12(47,48)14(51,52)16(55,56)18(59,60)20(63,64)22(67,68)24(71,72)26(75,76)28(79,80)30(83,84)32(88,89)90/h3-4H,1-2H3,(H,91,92). The smallest absolute Gasteiger partial charge is 0.302 e. The van der Waals surface area contributed by atoms with Gasteiger partial charge in [0.15, 0.2) is 0 Å². The number of hydrogen-bond donors (Lipinski definition) is 1. The molecule has 0 saturated carbocycles. The summed E-state index contributed by atoms with van der Waals surface area (Å²) in [5.41, 5.74) is 0. The zero-order valence-electron chi connectivity index (χ0n) is 41.2. The van der Waals surface area contributed by atoms with Crippen LogP contribution >= 0.6 is 7.82 Å². The second-order valence-electron chi connectivity index (χ2n) is 18.0. The molecule has 0 aliphatic rings. The van der Waals surface area contributed by atoms with Crippen LogP contribution in [0.4, 0.5) is 255 Å². The highest BCUT2D eigenvalue weighted by Gasteiger charge is 3.04. The molecule has 0 aromatic carbocycles. The monoisotopic (exact) mass is 1590 g/mol. The number of alkyl halides is 58. The van der Waals surface area contributed by atoms with E-state index in [-0.39, 0.29) is 0 Å². The highest BCUT2D eigenvalue weighted by molar-refractivity contribution is 7.47. The minimum absolute atomic E-state index is 1.79. The molecule has 0 aromatic rings. The van der Waals surface area contributed by atoms with Crippen molar-refractivity contribution in [3.63, 3.8) is 0 Å². The molecule has 1 N–H and O–H groups in total. The maximum atomic E-state index is 14.6. The molecule has 0 heterocycles. The van der Waals surface area contributed by atoms with E-state index in [9.17, 15) is 264 Å². The summed E-state index contributed by atoms with van der Waals surface area (Å²) in [6.07, 6.45) is -29.1. The Bertz CT molecular complexity index is 2610. The van der Waals surface area contributed by atoms with Gasteiger partial charge < -0.3 is 4.89 Å². The van der Waals surface area contributed by atoms with Crippen LogP contribution in [-0.2, 0) is 13.6 Å². The molecule has 0 aliphatic heterocycles. The van der Waals surface area contributed by atoms with Crippen molar-refractivity contribution in [3.8, 4) is 0 Å². The third-order valence-corrected chi connectivity index (χ3v) is 13.0. The largest absolute Gasteiger partial charge is 0.473 e. The molecule has 0 aliphatic carbocycles. The minimum Gasteiger partial charge on any atom is -0.302 e. The lowest BCUT2D eigenvalue weighted by molar-refractivity contribution is -0.488. The number of phosphoric ester groups is 1. The summed E-state index contributed by atoms with van der Waals surface area (Å²) in [6, 6.07) is 0. The van der Waals surface area contributed by atoms with Gasteiger partial charge in [-0.25, -0.2) is 4.57 Å². The first-order chi connectivity index (χ1) is 39.8. The molecule has 63 heteroatoms. The topological polar surface area (TPSA) is 55.8 Å². The zero-order chi connectivity index (χ0) is 79.1. The van der Waals surface area contributed by atoms with Gasteiger partial charge in [-0.2, -0.15) is 255 Å². The summed E-state index contributed by atoms with van der Waals surface area (Å²) in [5.74, 6) is -260. The van der Waals surface area contributed by atoms with E-state index in [2.05, 4.69) is 9.05 Å². The third-order valence-electron chi connectivity index (χ3n) is 11.8. The van der Waals surface area contributed by atoms with Crippen molar-refractivity contribution in [2.45, 2.75) is 192 Å². The van der Waals surface area contributed by atoms with Gasteiger partial charge in [0.05, 0.1) is 0 Å². The molecule has 0 bridgehead atoms. The van der Waals surface area contributed by atoms with Crippen LogP contribution in [0, 0.1) is 0 Å². The molecule has 0 rings (SSSR count). The van der Waals surface area contributed by atoms with Crippen LogP contribution in [0.25, 0.3) is 0 Å². The molecule has 4 nitrogen and oxygen atoms in total. The second-order valence-corrected chi connectivity index (χ2v) is 19.3. The number of halogens is 58. The Morgan fingerprint density at radius 3 is 0.368 bits per heavy atom. The fourth-order valence-corrected chi connectivity index (χ4v) is 6.90. The summed E-state index contributed by atoms with van der Waals surface area (Å²) >= 11 is 0. The lowest BCUT2D eigenvalue weighted by Gasteiger charge is -2.46. The molecule has 0 saturated heterocycles. The molecule has 0 amide bonds. The van der Waals surface area contributed by atoms with Crippen molar-refractivity contribution in [1.82, 2.24) is 0 Å². The summed E-state index contributed by atoms with van der Waals surface area (Å²) in [5, 5.41) is 0. The zero-order valence-corrected chi connectivity index (χ0v) is 42.1. The van der Waals surface area contributed by atoms with E-state index in [1.807, 2.05) is 0 Å². The van der Waals surface area contributed by atoms with E-state index in [1.54, 1.807) is 0 Å². The Kier molecular flexibility index (Phi) is 21.6. The van der Waals surface area contributed by atoms with Crippen LogP contribution in [0.1, 0.15) is 13.8 Å². The van der Waals surface area contributed by atoms with Crippen LogP contribution in [-0.4, -0.2) is 183 Å². The lowest BCUT2D eigenvalue weighted by Crippen LogP contribution is -2.79. The first-order valence-corrected chi connectivity index (χ1v) is 21.9. The summed E-state index contributed by atoms with van der Waals surface area (Å²) in [7, 11) is -8.72. The predicted molar refractivity (Wildman–Crippen MR) is 172 cm³/mol. The Balaban J connectivity index is 7.73. The fourth-order valence-electron chi connectivity index (χ4n) is 5.79. The SMILES string of the molecule is CC(OP(=O)(O)OC(C)C(F)(F)C(F)(F)C(F)(F)C(F)(F)C(F)(F)C(F)(F)C(F)(F)C(F)(F)C(F)(F)C(F)(F)C(F)(F)C(F)(F)C(F)(F)C(F)(F)F)C(F)(F)C(F)(F)C(F)(F)C(F)(F)C(F)(F)C(F)(F)C(F)(F)C(F)(F)C(F)(F)C(F)(F)C(F)(F)C(F)(F)C(F)(F)C(F)(F)F. The summed E-state index contributed by atoms with van der Waals surface area (Å²) < 4.78 is 819. The van der Waals surface area contributed by atoms with Gasteiger partial charge in [-0.05, 0) is 13.8 Å². The van der Waals surface area contributed by atoms with Gasteiger partial charge in [0.1, 0.15) is 12.2 Å². The third kappa shape index (κ3) is 11.0. The van der Waals surface area contributed by atoms with E-state index in [4.69, 9.17) is 0 Å². The van der Waals surface area contributed by atoms with Crippen molar-refractivity contribution in [2.75, 3.05) is 0 Å². The lowest BCUT2D eigenvalue weighted by atomic mass is 9.83. The van der Waals surface area contributed by atoms with Crippen LogP contribution in [0.15, 0.2) is 0 Å². The molecule has 0 fully saturated rings. The van der Waals surface area contributed by atoms with Gasteiger partial charge in [-0.15, -0.1) is 0 Å².